The third kappa shape index (κ3) is 3.88. The topological polar surface area (TPSA) is 40.0 Å². The molecule has 3 aromatic rings. The van der Waals surface area contributed by atoms with E-state index in [4.69, 9.17) is 10.1 Å². The molecule has 0 amide bonds. The van der Waals surface area contributed by atoms with E-state index in [2.05, 4.69) is 72.5 Å². The number of nitrogens with zero attached hydrogens (tertiary/aromatic N) is 3. The van der Waals surface area contributed by atoms with Gasteiger partial charge in [0.1, 0.15) is 5.71 Å². The Morgan fingerprint density at radius 1 is 0.786 bits per heavy atom. The Kier molecular flexibility index (Phi) is 5.33. The minimum absolute atomic E-state index is 0.719. The lowest BCUT2D eigenvalue weighted by Gasteiger charge is -2.14. The molecule has 0 radical (unpaired) electrons. The SMILES string of the molecule is CN(C)c1ccc(C2=NNC(c3ccc(Br)cc3)=Nc3ccc(Br)cc32)cc1. The lowest BCUT2D eigenvalue weighted by molar-refractivity contribution is 1.03. The van der Waals surface area contributed by atoms with Gasteiger partial charge in [-0.1, -0.05) is 56.1 Å². The number of nitrogens with one attached hydrogen (secondary N) is 1. The highest BCUT2D eigenvalue weighted by Crippen LogP contribution is 2.29. The van der Waals surface area contributed by atoms with Crippen molar-refractivity contribution in [1.82, 2.24) is 5.43 Å². The van der Waals surface area contributed by atoms with Crippen molar-refractivity contribution >= 4 is 54.8 Å². The summed E-state index contributed by atoms with van der Waals surface area (Å²) in [5.41, 5.74) is 9.03. The summed E-state index contributed by atoms with van der Waals surface area (Å²) in [6, 6.07) is 22.5. The first-order valence-electron chi connectivity index (χ1n) is 8.77. The molecule has 1 N–H and O–H groups in total. The van der Waals surface area contributed by atoms with Crippen LogP contribution in [0.3, 0.4) is 0 Å². The summed E-state index contributed by atoms with van der Waals surface area (Å²) in [6.45, 7) is 0. The molecule has 0 spiro atoms. The number of aliphatic imine (C=N–C) groups is 1. The fourth-order valence-electron chi connectivity index (χ4n) is 2.98. The molecule has 1 aliphatic heterocycles. The molecular weight excluding hydrogens is 480 g/mol. The third-order valence-corrected chi connectivity index (χ3v) is 5.52. The molecule has 4 nitrogen and oxygen atoms in total. The van der Waals surface area contributed by atoms with Crippen molar-refractivity contribution in [3.8, 4) is 0 Å². The van der Waals surface area contributed by atoms with E-state index in [1.54, 1.807) is 0 Å². The van der Waals surface area contributed by atoms with Gasteiger partial charge in [0, 0.05) is 45.4 Å². The van der Waals surface area contributed by atoms with Crippen LogP contribution in [-0.4, -0.2) is 25.6 Å². The second-order valence-corrected chi connectivity index (χ2v) is 8.47. The average Bonchev–Trinajstić information content (AvgIpc) is 2.88. The number of hydrogen-bond donors (Lipinski definition) is 1. The predicted octanol–water partition coefficient (Wildman–Crippen LogP) is 5.71. The summed E-state index contributed by atoms with van der Waals surface area (Å²) in [5.74, 6) is 0.719. The van der Waals surface area contributed by atoms with E-state index < -0.39 is 0 Å². The number of amidine groups is 1. The first-order chi connectivity index (χ1) is 13.5. The standard InChI is InChI=1S/C22H18Br2N4/c1-28(2)18-10-5-14(6-11-18)21-19-13-17(24)9-12-20(19)25-22(27-26-21)15-3-7-16(23)8-4-15/h3-13H,1-2H3,(H,25,27). The number of anilines is 1. The summed E-state index contributed by atoms with van der Waals surface area (Å²) in [4.78, 5) is 6.93. The van der Waals surface area contributed by atoms with Gasteiger partial charge in [0.2, 0.25) is 0 Å². The largest absolute Gasteiger partial charge is 0.378 e. The molecule has 1 aliphatic rings. The summed E-state index contributed by atoms with van der Waals surface area (Å²) in [5, 5.41) is 4.72. The molecule has 0 fully saturated rings. The molecular formula is C22H18Br2N4. The van der Waals surface area contributed by atoms with Crippen molar-refractivity contribution < 1.29 is 0 Å². The maximum atomic E-state index is 4.85. The van der Waals surface area contributed by atoms with Crippen LogP contribution >= 0.6 is 31.9 Å². The van der Waals surface area contributed by atoms with Crippen LogP contribution in [0, 0.1) is 0 Å². The monoisotopic (exact) mass is 496 g/mol. The number of halogens is 2. The Bertz CT molecular complexity index is 1070. The fraction of sp³-hybridized carbons (Fsp3) is 0.0909. The molecule has 0 atom stereocenters. The van der Waals surface area contributed by atoms with Crippen LogP contribution in [0.25, 0.3) is 0 Å². The van der Waals surface area contributed by atoms with E-state index in [9.17, 15) is 0 Å². The van der Waals surface area contributed by atoms with Gasteiger partial charge in [0.05, 0.1) is 5.69 Å². The van der Waals surface area contributed by atoms with Crippen molar-refractivity contribution in [2.75, 3.05) is 19.0 Å². The second-order valence-electron chi connectivity index (χ2n) is 6.64. The van der Waals surface area contributed by atoms with Gasteiger partial charge in [-0.05, 0) is 42.5 Å². The highest BCUT2D eigenvalue weighted by atomic mass is 79.9. The molecule has 0 saturated carbocycles. The van der Waals surface area contributed by atoms with Gasteiger partial charge in [0.25, 0.3) is 0 Å². The molecule has 4 rings (SSSR count). The van der Waals surface area contributed by atoms with Crippen molar-refractivity contribution in [3.05, 3.63) is 92.4 Å². The maximum absolute atomic E-state index is 4.85. The van der Waals surface area contributed by atoms with Gasteiger partial charge < -0.3 is 4.90 Å². The lowest BCUT2D eigenvalue weighted by Crippen LogP contribution is -2.19. The molecule has 0 aromatic heterocycles. The van der Waals surface area contributed by atoms with Crippen LogP contribution < -0.4 is 10.3 Å². The first-order valence-corrected chi connectivity index (χ1v) is 10.4. The molecule has 0 bridgehead atoms. The lowest BCUT2D eigenvalue weighted by atomic mass is 10.0. The van der Waals surface area contributed by atoms with E-state index in [0.29, 0.717) is 0 Å². The Morgan fingerprint density at radius 2 is 1.43 bits per heavy atom. The maximum Gasteiger partial charge on any atom is 0.154 e. The zero-order chi connectivity index (χ0) is 19.7. The molecule has 28 heavy (non-hydrogen) atoms. The molecule has 0 unspecified atom stereocenters. The smallest absolute Gasteiger partial charge is 0.154 e. The van der Waals surface area contributed by atoms with E-state index >= 15 is 0 Å². The highest BCUT2D eigenvalue weighted by Gasteiger charge is 2.18. The van der Waals surface area contributed by atoms with Crippen LogP contribution in [-0.2, 0) is 0 Å². The summed E-state index contributed by atoms with van der Waals surface area (Å²) < 4.78 is 2.02. The van der Waals surface area contributed by atoms with Gasteiger partial charge in [-0.3, -0.25) is 5.43 Å². The van der Waals surface area contributed by atoms with Crippen LogP contribution in [0.4, 0.5) is 11.4 Å². The van der Waals surface area contributed by atoms with Crippen LogP contribution in [0.5, 0.6) is 0 Å². The molecule has 140 valence electrons. The minimum atomic E-state index is 0.719. The van der Waals surface area contributed by atoms with E-state index in [1.807, 2.05) is 50.5 Å². The van der Waals surface area contributed by atoms with E-state index in [1.165, 1.54) is 0 Å². The number of benzene rings is 3. The van der Waals surface area contributed by atoms with E-state index in [0.717, 1.165) is 48.6 Å². The van der Waals surface area contributed by atoms with Crippen molar-refractivity contribution in [2.24, 2.45) is 10.1 Å². The van der Waals surface area contributed by atoms with Gasteiger partial charge >= 0.3 is 0 Å². The second kappa shape index (κ2) is 7.89. The first kappa shape index (κ1) is 18.9. The molecule has 3 aromatic carbocycles. The summed E-state index contributed by atoms with van der Waals surface area (Å²) in [6.07, 6.45) is 0. The molecule has 0 saturated heterocycles. The van der Waals surface area contributed by atoms with Gasteiger partial charge in [-0.25, -0.2) is 4.99 Å². The molecule has 6 heteroatoms. The number of hydrazone groups is 1. The van der Waals surface area contributed by atoms with Crippen molar-refractivity contribution in [3.63, 3.8) is 0 Å². The van der Waals surface area contributed by atoms with Crippen molar-refractivity contribution in [2.45, 2.75) is 0 Å². The Labute approximate surface area is 181 Å². The van der Waals surface area contributed by atoms with Gasteiger partial charge in [-0.2, -0.15) is 5.10 Å². The normalized spacial score (nSPS) is 13.0. The quantitative estimate of drug-likeness (QED) is 0.503. The minimum Gasteiger partial charge on any atom is -0.378 e. The van der Waals surface area contributed by atoms with E-state index in [-0.39, 0.29) is 0 Å². The van der Waals surface area contributed by atoms with Crippen LogP contribution in [0.1, 0.15) is 16.7 Å². The Hall–Kier alpha value is -2.44. The van der Waals surface area contributed by atoms with Gasteiger partial charge in [-0.15, -0.1) is 0 Å². The van der Waals surface area contributed by atoms with Crippen LogP contribution in [0.15, 0.2) is 85.8 Å². The molecule has 0 aliphatic carbocycles. The summed E-state index contributed by atoms with van der Waals surface area (Å²) in [7, 11) is 4.06. The highest BCUT2D eigenvalue weighted by molar-refractivity contribution is 9.10. The van der Waals surface area contributed by atoms with Gasteiger partial charge in [0.15, 0.2) is 5.84 Å². The Morgan fingerprint density at radius 3 is 2.11 bits per heavy atom. The number of fused-ring (bicyclic) bond motifs is 1. The zero-order valence-corrected chi connectivity index (χ0v) is 18.6. The zero-order valence-electron chi connectivity index (χ0n) is 15.4. The summed E-state index contributed by atoms with van der Waals surface area (Å²) >= 11 is 7.06. The Balaban J connectivity index is 1.81. The van der Waals surface area contributed by atoms with Crippen molar-refractivity contribution in [1.29, 1.82) is 0 Å². The molecule has 1 heterocycles. The fourth-order valence-corrected chi connectivity index (χ4v) is 3.61. The number of hydrogen-bond acceptors (Lipinski definition) is 4. The third-order valence-electron chi connectivity index (χ3n) is 4.49. The number of rotatable bonds is 3. The average molecular weight is 498 g/mol. The van der Waals surface area contributed by atoms with Crippen LogP contribution in [0.2, 0.25) is 0 Å². The predicted molar refractivity (Wildman–Crippen MR) is 124 cm³/mol.